The van der Waals surface area contributed by atoms with Crippen molar-refractivity contribution in [3.05, 3.63) is 59.7 Å². The summed E-state index contributed by atoms with van der Waals surface area (Å²) >= 11 is 0. The van der Waals surface area contributed by atoms with Gasteiger partial charge in [-0.3, -0.25) is 19.8 Å². The van der Waals surface area contributed by atoms with E-state index in [1.165, 1.54) is 16.8 Å². The van der Waals surface area contributed by atoms with Gasteiger partial charge in [0.15, 0.2) is 0 Å². The maximum Gasteiger partial charge on any atom is 0.0755 e. The molecule has 0 aromatic carbocycles. The molecule has 132 valence electrons. The molecule has 2 aliphatic rings. The number of ether oxygens (including phenoxy) is 1. The number of pyridine rings is 2. The fourth-order valence-electron chi connectivity index (χ4n) is 3.97. The molecule has 2 saturated heterocycles. The van der Waals surface area contributed by atoms with Crippen molar-refractivity contribution in [3.63, 3.8) is 0 Å². The Morgan fingerprint density at radius 2 is 2.08 bits per heavy atom. The number of piperidine rings is 1. The maximum absolute atomic E-state index is 6.07. The standard InChI is InChI=1S/C20H26N4O/c1-16-4-2-8-22-18(16)14-23-9-6-20-19(15-23)24(10-11-25-20)13-17-5-3-7-21-12-17/h2-5,7-8,12,19-20H,6,9-11,13-15H2,1H3/t19-,20-/m1/s1. The van der Waals surface area contributed by atoms with E-state index >= 15 is 0 Å². The molecule has 0 radical (unpaired) electrons. The second kappa shape index (κ2) is 7.60. The fourth-order valence-corrected chi connectivity index (χ4v) is 3.97. The first-order chi connectivity index (χ1) is 12.3. The highest BCUT2D eigenvalue weighted by Gasteiger charge is 2.37. The average Bonchev–Trinajstić information content (AvgIpc) is 2.65. The maximum atomic E-state index is 6.07. The van der Waals surface area contributed by atoms with Crippen LogP contribution >= 0.6 is 0 Å². The van der Waals surface area contributed by atoms with Gasteiger partial charge >= 0.3 is 0 Å². The highest BCUT2D eigenvalue weighted by atomic mass is 16.5. The summed E-state index contributed by atoms with van der Waals surface area (Å²) in [4.78, 5) is 13.9. The Labute approximate surface area is 149 Å². The number of aryl methyl sites for hydroxylation is 1. The van der Waals surface area contributed by atoms with Crippen LogP contribution < -0.4 is 0 Å². The lowest BCUT2D eigenvalue weighted by atomic mass is 9.97. The van der Waals surface area contributed by atoms with E-state index in [-0.39, 0.29) is 0 Å². The molecule has 25 heavy (non-hydrogen) atoms. The SMILES string of the molecule is Cc1cccnc1CN1CC[C@H]2OCCN(Cc3cccnc3)[C@@H]2C1. The van der Waals surface area contributed by atoms with Gasteiger partial charge in [-0.25, -0.2) is 0 Å². The van der Waals surface area contributed by atoms with Gasteiger partial charge in [-0.05, 0) is 36.6 Å². The zero-order valence-electron chi connectivity index (χ0n) is 14.8. The van der Waals surface area contributed by atoms with Crippen LogP contribution in [0.1, 0.15) is 23.2 Å². The quantitative estimate of drug-likeness (QED) is 0.855. The summed E-state index contributed by atoms with van der Waals surface area (Å²) in [6.07, 6.45) is 7.16. The monoisotopic (exact) mass is 338 g/mol. The van der Waals surface area contributed by atoms with Crippen molar-refractivity contribution in [2.45, 2.75) is 38.6 Å². The van der Waals surface area contributed by atoms with Crippen LogP contribution in [0.2, 0.25) is 0 Å². The summed E-state index contributed by atoms with van der Waals surface area (Å²) in [5.74, 6) is 0. The van der Waals surface area contributed by atoms with Gasteiger partial charge in [0.25, 0.3) is 0 Å². The number of rotatable bonds is 4. The van der Waals surface area contributed by atoms with Crippen molar-refractivity contribution in [1.29, 1.82) is 0 Å². The molecule has 0 saturated carbocycles. The normalized spacial score (nSPS) is 24.8. The van der Waals surface area contributed by atoms with Gasteiger partial charge in [0, 0.05) is 57.4 Å². The molecule has 5 heteroatoms. The summed E-state index contributed by atoms with van der Waals surface area (Å²) < 4.78 is 6.07. The van der Waals surface area contributed by atoms with E-state index in [2.05, 4.69) is 38.8 Å². The minimum absolute atomic E-state index is 0.353. The Hall–Kier alpha value is -1.82. The third-order valence-corrected chi connectivity index (χ3v) is 5.38. The smallest absolute Gasteiger partial charge is 0.0755 e. The molecule has 2 fully saturated rings. The first-order valence-electron chi connectivity index (χ1n) is 9.17. The fraction of sp³-hybridized carbons (Fsp3) is 0.500. The zero-order chi connectivity index (χ0) is 17.1. The Balaban J connectivity index is 1.45. The number of fused-ring (bicyclic) bond motifs is 1. The van der Waals surface area contributed by atoms with Gasteiger partial charge in [0.2, 0.25) is 0 Å². The molecule has 0 aliphatic carbocycles. The first kappa shape index (κ1) is 16.6. The second-order valence-electron chi connectivity index (χ2n) is 7.10. The van der Waals surface area contributed by atoms with E-state index in [1.807, 2.05) is 30.7 Å². The molecule has 0 spiro atoms. The molecule has 0 bridgehead atoms. The van der Waals surface area contributed by atoms with Crippen LogP contribution in [0.5, 0.6) is 0 Å². The molecule has 0 N–H and O–H groups in total. The third kappa shape index (κ3) is 3.89. The van der Waals surface area contributed by atoms with Gasteiger partial charge in [0.1, 0.15) is 0 Å². The van der Waals surface area contributed by atoms with Crippen molar-refractivity contribution in [2.75, 3.05) is 26.2 Å². The van der Waals surface area contributed by atoms with Crippen LogP contribution in [0.3, 0.4) is 0 Å². The molecular weight excluding hydrogens is 312 g/mol. The highest BCUT2D eigenvalue weighted by molar-refractivity contribution is 5.17. The largest absolute Gasteiger partial charge is 0.375 e. The molecule has 0 amide bonds. The Bertz CT molecular complexity index is 693. The summed E-state index contributed by atoms with van der Waals surface area (Å²) in [5.41, 5.74) is 3.74. The molecule has 0 unspecified atom stereocenters. The van der Waals surface area contributed by atoms with E-state index in [4.69, 9.17) is 4.74 Å². The molecule has 2 aromatic heterocycles. The Morgan fingerprint density at radius 3 is 2.92 bits per heavy atom. The molecular formula is C20H26N4O. The zero-order valence-corrected chi connectivity index (χ0v) is 14.8. The second-order valence-corrected chi connectivity index (χ2v) is 7.10. The summed E-state index contributed by atoms with van der Waals surface area (Å²) in [5, 5.41) is 0. The van der Waals surface area contributed by atoms with Crippen LogP contribution in [-0.4, -0.2) is 58.2 Å². The summed E-state index contributed by atoms with van der Waals surface area (Å²) in [7, 11) is 0. The van der Waals surface area contributed by atoms with E-state index in [0.29, 0.717) is 12.1 Å². The molecule has 2 atom stereocenters. The lowest BCUT2D eigenvalue weighted by Gasteiger charge is -2.47. The lowest BCUT2D eigenvalue weighted by molar-refractivity contribution is -0.107. The van der Waals surface area contributed by atoms with Gasteiger partial charge in [0.05, 0.1) is 18.4 Å². The summed E-state index contributed by atoms with van der Waals surface area (Å²) in [6, 6.07) is 8.79. The minimum Gasteiger partial charge on any atom is -0.375 e. The van der Waals surface area contributed by atoms with Crippen molar-refractivity contribution < 1.29 is 4.74 Å². The van der Waals surface area contributed by atoms with Gasteiger partial charge < -0.3 is 4.74 Å². The summed E-state index contributed by atoms with van der Waals surface area (Å²) in [6.45, 7) is 7.98. The molecule has 2 aromatic rings. The Kier molecular flexibility index (Phi) is 5.06. The molecule has 2 aliphatic heterocycles. The van der Waals surface area contributed by atoms with Crippen LogP contribution in [0.25, 0.3) is 0 Å². The van der Waals surface area contributed by atoms with Crippen LogP contribution in [-0.2, 0) is 17.8 Å². The average molecular weight is 338 g/mol. The highest BCUT2D eigenvalue weighted by Crippen LogP contribution is 2.25. The predicted molar refractivity (Wildman–Crippen MR) is 97.0 cm³/mol. The van der Waals surface area contributed by atoms with Crippen LogP contribution in [0.4, 0.5) is 0 Å². The van der Waals surface area contributed by atoms with Crippen molar-refractivity contribution in [1.82, 2.24) is 19.8 Å². The van der Waals surface area contributed by atoms with E-state index in [9.17, 15) is 0 Å². The van der Waals surface area contributed by atoms with Gasteiger partial charge in [-0.15, -0.1) is 0 Å². The number of nitrogens with zero attached hydrogens (tertiary/aromatic N) is 4. The molecule has 4 heterocycles. The van der Waals surface area contributed by atoms with Crippen molar-refractivity contribution >= 4 is 0 Å². The number of morpholine rings is 1. The van der Waals surface area contributed by atoms with Crippen LogP contribution in [0, 0.1) is 6.92 Å². The van der Waals surface area contributed by atoms with E-state index < -0.39 is 0 Å². The van der Waals surface area contributed by atoms with Gasteiger partial charge in [-0.2, -0.15) is 0 Å². The Morgan fingerprint density at radius 1 is 1.16 bits per heavy atom. The minimum atomic E-state index is 0.353. The number of hydrogen-bond donors (Lipinski definition) is 0. The first-order valence-corrected chi connectivity index (χ1v) is 9.17. The van der Waals surface area contributed by atoms with E-state index in [0.717, 1.165) is 45.8 Å². The van der Waals surface area contributed by atoms with Crippen molar-refractivity contribution in [2.24, 2.45) is 0 Å². The van der Waals surface area contributed by atoms with Gasteiger partial charge in [-0.1, -0.05) is 12.1 Å². The number of likely N-dealkylation sites (tertiary alicyclic amines) is 1. The number of aromatic nitrogens is 2. The van der Waals surface area contributed by atoms with Crippen molar-refractivity contribution in [3.8, 4) is 0 Å². The third-order valence-electron chi connectivity index (χ3n) is 5.38. The lowest BCUT2D eigenvalue weighted by Crippen LogP contribution is -2.59. The molecule has 4 rings (SSSR count). The topological polar surface area (TPSA) is 41.5 Å². The number of hydrogen-bond acceptors (Lipinski definition) is 5. The van der Waals surface area contributed by atoms with Crippen LogP contribution in [0.15, 0.2) is 42.9 Å². The predicted octanol–water partition coefficient (Wildman–Crippen LogP) is 2.26. The van der Waals surface area contributed by atoms with E-state index in [1.54, 1.807) is 0 Å². The molecule has 5 nitrogen and oxygen atoms in total.